The molecule has 6 nitrogen and oxygen atoms in total. The minimum atomic E-state index is -0.933. The summed E-state index contributed by atoms with van der Waals surface area (Å²) in [6, 6.07) is 3.75. The van der Waals surface area contributed by atoms with E-state index in [2.05, 4.69) is 24.8 Å². The molecular formula is C23H29NO5. The van der Waals surface area contributed by atoms with Crippen molar-refractivity contribution in [2.75, 3.05) is 26.3 Å². The van der Waals surface area contributed by atoms with Crippen molar-refractivity contribution in [1.82, 2.24) is 4.90 Å². The Kier molecular flexibility index (Phi) is 3.61. The Balaban J connectivity index is 1.55. The molecule has 3 aliphatic heterocycles. The zero-order valence-electron chi connectivity index (χ0n) is 17.1. The molecule has 2 spiro atoms. The second kappa shape index (κ2) is 5.76. The highest BCUT2D eigenvalue weighted by molar-refractivity contribution is 5.62. The molecule has 3 fully saturated rings. The lowest BCUT2D eigenvalue weighted by Gasteiger charge is -2.65. The third kappa shape index (κ3) is 2.06. The SMILES string of the molecule is CC(C)=CCN1CC[C@]23c4c5ccc(O)c4OC2C2(CCC3(O)[C@H]1C5)OCCO2. The maximum Gasteiger partial charge on any atom is 0.207 e. The van der Waals surface area contributed by atoms with Gasteiger partial charge in [0.2, 0.25) is 5.79 Å². The van der Waals surface area contributed by atoms with E-state index in [1.54, 1.807) is 6.07 Å². The summed E-state index contributed by atoms with van der Waals surface area (Å²) in [5.41, 5.74) is 1.92. The molecule has 0 radical (unpaired) electrons. The number of phenolic OH excluding ortho intramolecular Hbond substituents is 1. The summed E-state index contributed by atoms with van der Waals surface area (Å²) < 4.78 is 18.8. The van der Waals surface area contributed by atoms with Crippen LogP contribution >= 0.6 is 0 Å². The summed E-state index contributed by atoms with van der Waals surface area (Å²) in [4.78, 5) is 2.43. The third-order valence-corrected chi connectivity index (χ3v) is 8.09. The van der Waals surface area contributed by atoms with Crippen molar-refractivity contribution in [3.8, 4) is 11.5 Å². The number of hydrogen-bond acceptors (Lipinski definition) is 6. The van der Waals surface area contributed by atoms with Crippen LogP contribution in [-0.4, -0.2) is 65.0 Å². The molecule has 1 aromatic carbocycles. The molecule has 5 aliphatic rings. The van der Waals surface area contributed by atoms with Crippen LogP contribution in [0.1, 0.15) is 44.2 Å². The third-order valence-electron chi connectivity index (χ3n) is 8.09. The van der Waals surface area contributed by atoms with E-state index >= 15 is 0 Å². The Morgan fingerprint density at radius 2 is 2.00 bits per heavy atom. The number of fused-ring (bicyclic) bond motifs is 1. The molecule has 2 aliphatic carbocycles. The van der Waals surface area contributed by atoms with Gasteiger partial charge in [0.1, 0.15) is 0 Å². The molecular weight excluding hydrogens is 370 g/mol. The predicted octanol–water partition coefficient (Wildman–Crippen LogP) is 2.26. The van der Waals surface area contributed by atoms with Crippen LogP contribution in [0.3, 0.4) is 0 Å². The first-order valence-corrected chi connectivity index (χ1v) is 10.8. The fourth-order valence-electron chi connectivity index (χ4n) is 6.87. The van der Waals surface area contributed by atoms with E-state index < -0.39 is 22.9 Å². The molecule has 3 heterocycles. The molecule has 1 aromatic rings. The van der Waals surface area contributed by atoms with E-state index in [0.717, 1.165) is 31.5 Å². The normalized spacial score (nSPS) is 38.6. The van der Waals surface area contributed by atoms with Crippen molar-refractivity contribution in [3.05, 3.63) is 34.9 Å². The van der Waals surface area contributed by atoms with Gasteiger partial charge in [-0.15, -0.1) is 0 Å². The Morgan fingerprint density at radius 1 is 1.21 bits per heavy atom. The number of hydrogen-bond donors (Lipinski definition) is 2. The number of allylic oxidation sites excluding steroid dienone is 1. The minimum absolute atomic E-state index is 0.0136. The highest BCUT2D eigenvalue weighted by Crippen LogP contribution is 2.67. The molecule has 2 N–H and O–H groups in total. The monoisotopic (exact) mass is 399 g/mol. The van der Waals surface area contributed by atoms with Gasteiger partial charge in [0.25, 0.3) is 0 Å². The van der Waals surface area contributed by atoms with E-state index in [9.17, 15) is 10.2 Å². The molecule has 6 rings (SSSR count). The quantitative estimate of drug-likeness (QED) is 0.744. The summed E-state index contributed by atoms with van der Waals surface area (Å²) >= 11 is 0. The average molecular weight is 399 g/mol. The molecule has 0 amide bonds. The van der Waals surface area contributed by atoms with E-state index in [1.165, 1.54) is 11.1 Å². The van der Waals surface area contributed by atoms with Crippen LogP contribution in [0, 0.1) is 0 Å². The first-order chi connectivity index (χ1) is 13.9. The summed E-state index contributed by atoms with van der Waals surface area (Å²) in [6.07, 6.45) is 4.55. The van der Waals surface area contributed by atoms with Crippen LogP contribution in [0.15, 0.2) is 23.8 Å². The first kappa shape index (κ1) is 18.2. The molecule has 6 heteroatoms. The molecule has 0 aromatic heterocycles. The number of nitrogens with zero attached hydrogens (tertiary/aromatic N) is 1. The summed E-state index contributed by atoms with van der Waals surface area (Å²) in [5.74, 6) is -0.158. The smallest absolute Gasteiger partial charge is 0.207 e. The summed E-state index contributed by atoms with van der Waals surface area (Å²) in [7, 11) is 0. The molecule has 4 atom stereocenters. The first-order valence-electron chi connectivity index (χ1n) is 10.8. The lowest BCUT2D eigenvalue weighted by Crippen LogP contribution is -2.79. The van der Waals surface area contributed by atoms with E-state index in [-0.39, 0.29) is 11.8 Å². The van der Waals surface area contributed by atoms with Gasteiger partial charge in [0.05, 0.1) is 24.2 Å². The molecule has 156 valence electrons. The van der Waals surface area contributed by atoms with Crippen molar-refractivity contribution in [2.24, 2.45) is 0 Å². The van der Waals surface area contributed by atoms with Gasteiger partial charge in [-0.25, -0.2) is 0 Å². The molecule has 2 unspecified atom stereocenters. The molecule has 1 saturated carbocycles. The van der Waals surface area contributed by atoms with Gasteiger partial charge in [0.15, 0.2) is 17.6 Å². The van der Waals surface area contributed by atoms with Crippen molar-refractivity contribution < 1.29 is 24.4 Å². The minimum Gasteiger partial charge on any atom is -0.504 e. The summed E-state index contributed by atoms with van der Waals surface area (Å²) in [6.45, 7) is 7.03. The van der Waals surface area contributed by atoms with Crippen molar-refractivity contribution in [1.29, 1.82) is 0 Å². The Hall–Kier alpha value is -1.60. The van der Waals surface area contributed by atoms with Gasteiger partial charge in [-0.1, -0.05) is 17.7 Å². The molecule has 2 bridgehead atoms. The van der Waals surface area contributed by atoms with E-state index in [0.29, 0.717) is 31.8 Å². The summed E-state index contributed by atoms with van der Waals surface area (Å²) in [5, 5.41) is 23.0. The van der Waals surface area contributed by atoms with Crippen LogP contribution in [-0.2, 0) is 21.3 Å². The zero-order valence-corrected chi connectivity index (χ0v) is 17.1. The van der Waals surface area contributed by atoms with Crippen LogP contribution < -0.4 is 4.74 Å². The second-order valence-corrected chi connectivity index (χ2v) is 9.60. The highest BCUT2D eigenvalue weighted by Gasteiger charge is 2.77. The number of ether oxygens (including phenoxy) is 3. The topological polar surface area (TPSA) is 71.4 Å². The van der Waals surface area contributed by atoms with Gasteiger partial charge in [-0.2, -0.15) is 0 Å². The molecule has 29 heavy (non-hydrogen) atoms. The van der Waals surface area contributed by atoms with Crippen molar-refractivity contribution >= 4 is 0 Å². The maximum absolute atomic E-state index is 12.3. The number of rotatable bonds is 2. The fraction of sp³-hybridized carbons (Fsp3) is 0.652. The highest BCUT2D eigenvalue weighted by atomic mass is 16.8. The Morgan fingerprint density at radius 3 is 2.76 bits per heavy atom. The predicted molar refractivity (Wildman–Crippen MR) is 106 cm³/mol. The van der Waals surface area contributed by atoms with Gasteiger partial charge in [-0.3, -0.25) is 4.90 Å². The second-order valence-electron chi connectivity index (χ2n) is 9.60. The van der Waals surface area contributed by atoms with Crippen molar-refractivity contribution in [3.63, 3.8) is 0 Å². The molecule has 2 saturated heterocycles. The van der Waals surface area contributed by atoms with Gasteiger partial charge >= 0.3 is 0 Å². The number of aromatic hydroxyl groups is 1. The van der Waals surface area contributed by atoms with Gasteiger partial charge in [-0.05, 0) is 51.3 Å². The largest absolute Gasteiger partial charge is 0.504 e. The van der Waals surface area contributed by atoms with E-state index in [4.69, 9.17) is 14.2 Å². The zero-order chi connectivity index (χ0) is 20.0. The van der Waals surface area contributed by atoms with Crippen LogP contribution in [0.4, 0.5) is 0 Å². The number of benzene rings is 1. The lowest BCUT2D eigenvalue weighted by atomic mass is 9.48. The Labute approximate surface area is 171 Å². The fourth-order valence-corrected chi connectivity index (χ4v) is 6.87. The number of likely N-dealkylation sites (tertiary alicyclic amines) is 1. The standard InChI is InChI=1S/C23H29NO5/c1-14(2)5-9-24-10-8-21-18-15-3-4-16(25)19(18)29-20(21)23(27-11-12-28-23)7-6-22(21,26)17(24)13-15/h3-5,17,20,25-26H,6-13H2,1-2H3/t17-,20?,21+,22?/m1/s1. The van der Waals surface area contributed by atoms with Gasteiger partial charge < -0.3 is 24.4 Å². The van der Waals surface area contributed by atoms with Gasteiger partial charge in [0, 0.05) is 24.6 Å². The Bertz CT molecular complexity index is 903. The lowest BCUT2D eigenvalue weighted by molar-refractivity contribution is -0.296. The van der Waals surface area contributed by atoms with Crippen LogP contribution in [0.5, 0.6) is 11.5 Å². The number of aliphatic hydroxyl groups is 1. The van der Waals surface area contributed by atoms with Crippen LogP contribution in [0.2, 0.25) is 0 Å². The van der Waals surface area contributed by atoms with Crippen molar-refractivity contribution in [2.45, 2.75) is 68.5 Å². The maximum atomic E-state index is 12.3. The number of phenols is 1. The number of piperidine rings is 1. The van der Waals surface area contributed by atoms with E-state index in [1.807, 2.05) is 6.07 Å². The average Bonchev–Trinajstić information content (AvgIpc) is 3.29. The van der Waals surface area contributed by atoms with Crippen LogP contribution in [0.25, 0.3) is 0 Å².